The molecule has 0 saturated heterocycles. The highest BCUT2D eigenvalue weighted by atomic mass is 127. The number of aliphatic hydroxyl groups is 1. The monoisotopic (exact) mass is 352 g/mol. The number of aliphatic hydroxyl groups excluding tert-OH is 1. The summed E-state index contributed by atoms with van der Waals surface area (Å²) in [7, 11) is 0. The van der Waals surface area contributed by atoms with Crippen LogP contribution in [0.2, 0.25) is 0 Å². The van der Waals surface area contributed by atoms with Crippen molar-refractivity contribution >= 4 is 22.6 Å². The molecule has 2 rings (SSSR count). The summed E-state index contributed by atoms with van der Waals surface area (Å²) in [6.07, 6.45) is 1.28. The molecule has 0 aliphatic heterocycles. The molecule has 1 unspecified atom stereocenters. The van der Waals surface area contributed by atoms with Crippen LogP contribution < -0.4 is 0 Å². The quantitative estimate of drug-likeness (QED) is 0.821. The molecule has 94 valence electrons. The molecule has 18 heavy (non-hydrogen) atoms. The van der Waals surface area contributed by atoms with Crippen LogP contribution in [0.5, 0.6) is 0 Å². The minimum absolute atomic E-state index is 0.420. The third-order valence-corrected chi connectivity index (χ3v) is 3.83. The molecule has 0 amide bonds. The Morgan fingerprint density at radius 2 is 1.50 bits per heavy atom. The first-order chi connectivity index (χ1) is 8.69. The second-order valence-electron chi connectivity index (χ2n) is 4.44. The van der Waals surface area contributed by atoms with E-state index in [-0.39, 0.29) is 0 Å². The second-order valence-corrected chi connectivity index (χ2v) is 5.69. The Labute approximate surface area is 122 Å². The molecule has 0 spiro atoms. The number of rotatable bonds is 4. The van der Waals surface area contributed by atoms with Gasteiger partial charge in [-0.2, -0.15) is 0 Å². The molecule has 0 radical (unpaired) electrons. The van der Waals surface area contributed by atoms with E-state index in [0.29, 0.717) is 6.42 Å². The maximum atomic E-state index is 10.2. The molecule has 0 aliphatic carbocycles. The highest BCUT2D eigenvalue weighted by molar-refractivity contribution is 14.1. The molecule has 1 N–H and O–H groups in total. The first kappa shape index (κ1) is 13.6. The average molecular weight is 352 g/mol. The van der Waals surface area contributed by atoms with Crippen molar-refractivity contribution in [2.45, 2.75) is 25.9 Å². The van der Waals surface area contributed by atoms with E-state index in [1.165, 1.54) is 14.7 Å². The predicted octanol–water partition coefficient (Wildman–Crippen LogP) is 4.13. The Hall–Kier alpha value is -0.870. The number of halogens is 1. The van der Waals surface area contributed by atoms with E-state index < -0.39 is 6.10 Å². The summed E-state index contributed by atoms with van der Waals surface area (Å²) in [6.45, 7) is 2.14. The zero-order valence-electron chi connectivity index (χ0n) is 10.4. The average Bonchev–Trinajstić information content (AvgIpc) is 2.41. The predicted molar refractivity (Wildman–Crippen MR) is 83.6 cm³/mol. The van der Waals surface area contributed by atoms with Crippen molar-refractivity contribution in [2.24, 2.45) is 0 Å². The van der Waals surface area contributed by atoms with Gasteiger partial charge in [0.2, 0.25) is 0 Å². The van der Waals surface area contributed by atoms with Gasteiger partial charge >= 0.3 is 0 Å². The van der Waals surface area contributed by atoms with Gasteiger partial charge in [0.1, 0.15) is 0 Å². The van der Waals surface area contributed by atoms with E-state index in [0.717, 1.165) is 12.0 Å². The lowest BCUT2D eigenvalue weighted by molar-refractivity contribution is 0.178. The van der Waals surface area contributed by atoms with Gasteiger partial charge in [-0.15, -0.1) is 0 Å². The first-order valence-corrected chi connectivity index (χ1v) is 7.28. The van der Waals surface area contributed by atoms with Gasteiger partial charge in [-0.05, 0) is 57.8 Å². The van der Waals surface area contributed by atoms with Gasteiger partial charge in [0.15, 0.2) is 0 Å². The number of aryl methyl sites for hydroxylation is 1. The minimum atomic E-state index is -0.420. The van der Waals surface area contributed by atoms with Crippen molar-refractivity contribution in [3.05, 3.63) is 68.8 Å². The summed E-state index contributed by atoms with van der Waals surface area (Å²) in [4.78, 5) is 0. The molecule has 0 fully saturated rings. The van der Waals surface area contributed by atoms with Gasteiger partial charge in [-0.25, -0.2) is 0 Å². The molecule has 0 saturated carbocycles. The van der Waals surface area contributed by atoms with Crippen LogP contribution >= 0.6 is 22.6 Å². The van der Waals surface area contributed by atoms with Gasteiger partial charge in [0, 0.05) is 9.99 Å². The Bertz CT molecular complexity index is 488. The highest BCUT2D eigenvalue weighted by Gasteiger charge is 2.08. The van der Waals surface area contributed by atoms with E-state index in [1.54, 1.807) is 0 Å². The lowest BCUT2D eigenvalue weighted by atomic mass is 10.00. The Balaban J connectivity index is 2.06. The summed E-state index contributed by atoms with van der Waals surface area (Å²) in [6, 6.07) is 16.5. The summed E-state index contributed by atoms with van der Waals surface area (Å²) >= 11 is 2.29. The van der Waals surface area contributed by atoms with E-state index in [2.05, 4.69) is 65.9 Å². The van der Waals surface area contributed by atoms with Crippen molar-refractivity contribution in [1.82, 2.24) is 0 Å². The SMILES string of the molecule is CCc1ccc(C(O)Cc2ccc(I)cc2)cc1. The van der Waals surface area contributed by atoms with E-state index in [9.17, 15) is 5.11 Å². The third kappa shape index (κ3) is 3.56. The van der Waals surface area contributed by atoms with Crippen LogP contribution in [-0.2, 0) is 12.8 Å². The Kier molecular flexibility index (Phi) is 4.78. The van der Waals surface area contributed by atoms with Gasteiger partial charge in [-0.3, -0.25) is 0 Å². The van der Waals surface area contributed by atoms with Crippen LogP contribution in [-0.4, -0.2) is 5.11 Å². The lowest BCUT2D eigenvalue weighted by Crippen LogP contribution is -2.01. The zero-order valence-corrected chi connectivity index (χ0v) is 12.6. The maximum absolute atomic E-state index is 10.2. The summed E-state index contributed by atoms with van der Waals surface area (Å²) in [5.74, 6) is 0. The summed E-state index contributed by atoms with van der Waals surface area (Å²) < 4.78 is 1.22. The highest BCUT2D eigenvalue weighted by Crippen LogP contribution is 2.19. The second kappa shape index (κ2) is 6.34. The fourth-order valence-electron chi connectivity index (χ4n) is 1.94. The molecule has 1 nitrogen and oxygen atoms in total. The van der Waals surface area contributed by atoms with Crippen LogP contribution in [0.15, 0.2) is 48.5 Å². The van der Waals surface area contributed by atoms with E-state index in [4.69, 9.17) is 0 Å². The molecular formula is C16H17IO. The molecule has 2 heteroatoms. The molecular weight excluding hydrogens is 335 g/mol. The first-order valence-electron chi connectivity index (χ1n) is 6.20. The molecule has 0 bridgehead atoms. The van der Waals surface area contributed by atoms with Crippen LogP contribution in [0.1, 0.15) is 29.7 Å². The molecule has 0 aliphatic rings. The van der Waals surface area contributed by atoms with Crippen molar-refractivity contribution in [2.75, 3.05) is 0 Å². The van der Waals surface area contributed by atoms with Crippen molar-refractivity contribution < 1.29 is 5.11 Å². The number of hydrogen-bond acceptors (Lipinski definition) is 1. The van der Waals surface area contributed by atoms with Gasteiger partial charge in [-0.1, -0.05) is 43.3 Å². The third-order valence-electron chi connectivity index (χ3n) is 3.12. The molecule has 1 atom stereocenters. The summed E-state index contributed by atoms with van der Waals surface area (Å²) in [5.41, 5.74) is 3.47. The topological polar surface area (TPSA) is 20.2 Å². The fourth-order valence-corrected chi connectivity index (χ4v) is 2.30. The van der Waals surface area contributed by atoms with E-state index >= 15 is 0 Å². The zero-order chi connectivity index (χ0) is 13.0. The largest absolute Gasteiger partial charge is 0.388 e. The van der Waals surface area contributed by atoms with Crippen LogP contribution in [0, 0.1) is 3.57 Å². The van der Waals surface area contributed by atoms with Crippen LogP contribution in [0.3, 0.4) is 0 Å². The van der Waals surface area contributed by atoms with Crippen LogP contribution in [0.25, 0.3) is 0 Å². The lowest BCUT2D eigenvalue weighted by Gasteiger charge is -2.11. The Morgan fingerprint density at radius 1 is 0.944 bits per heavy atom. The van der Waals surface area contributed by atoms with Gasteiger partial charge in [0.05, 0.1) is 6.10 Å². The number of benzene rings is 2. The van der Waals surface area contributed by atoms with Crippen molar-refractivity contribution in [1.29, 1.82) is 0 Å². The maximum Gasteiger partial charge on any atom is 0.0830 e. The van der Waals surface area contributed by atoms with Gasteiger partial charge < -0.3 is 5.11 Å². The molecule has 0 aromatic heterocycles. The molecule has 2 aromatic rings. The Morgan fingerprint density at radius 3 is 2.06 bits per heavy atom. The smallest absolute Gasteiger partial charge is 0.0830 e. The minimum Gasteiger partial charge on any atom is -0.388 e. The molecule has 0 heterocycles. The van der Waals surface area contributed by atoms with Crippen LogP contribution in [0.4, 0.5) is 0 Å². The van der Waals surface area contributed by atoms with Crippen molar-refractivity contribution in [3.63, 3.8) is 0 Å². The van der Waals surface area contributed by atoms with E-state index in [1.807, 2.05) is 12.1 Å². The van der Waals surface area contributed by atoms with Gasteiger partial charge in [0.25, 0.3) is 0 Å². The fraction of sp³-hybridized carbons (Fsp3) is 0.250. The molecule has 2 aromatic carbocycles. The number of hydrogen-bond donors (Lipinski definition) is 1. The normalized spacial score (nSPS) is 12.4. The van der Waals surface area contributed by atoms with Crippen molar-refractivity contribution in [3.8, 4) is 0 Å². The summed E-state index contributed by atoms with van der Waals surface area (Å²) in [5, 5.41) is 10.2. The standard InChI is InChI=1S/C16H17IO/c1-2-12-3-7-14(8-4-12)16(18)11-13-5-9-15(17)10-6-13/h3-10,16,18H,2,11H2,1H3.